The van der Waals surface area contributed by atoms with E-state index >= 15 is 0 Å². The summed E-state index contributed by atoms with van der Waals surface area (Å²) in [5, 5.41) is 0.973. The number of nitrogens with zero attached hydrogens (tertiary/aromatic N) is 1. The SMILES string of the molecule is Clc1cc(/C=C\CN2CCC3(CCCCC3)CC2)ccc1C1CCCCC1. The third kappa shape index (κ3) is 4.98. The van der Waals surface area contributed by atoms with Crippen LogP contribution in [-0.4, -0.2) is 24.5 Å². The quantitative estimate of drug-likeness (QED) is 0.520. The Morgan fingerprint density at radius 3 is 2.33 bits per heavy atom. The van der Waals surface area contributed by atoms with E-state index in [-0.39, 0.29) is 0 Å². The zero-order valence-electron chi connectivity index (χ0n) is 16.9. The average molecular weight is 386 g/mol. The molecule has 4 rings (SSSR count). The normalized spacial score (nSPS) is 24.6. The Morgan fingerprint density at radius 2 is 1.63 bits per heavy atom. The zero-order valence-corrected chi connectivity index (χ0v) is 17.7. The van der Waals surface area contributed by atoms with Crippen LogP contribution < -0.4 is 0 Å². The summed E-state index contributed by atoms with van der Waals surface area (Å²) in [4.78, 5) is 2.63. The van der Waals surface area contributed by atoms with Crippen LogP contribution in [0.15, 0.2) is 24.3 Å². The lowest BCUT2D eigenvalue weighted by atomic mass is 9.68. The molecule has 1 aromatic rings. The molecule has 0 aromatic heterocycles. The van der Waals surface area contributed by atoms with Crippen LogP contribution in [0.5, 0.6) is 0 Å². The van der Waals surface area contributed by atoms with Gasteiger partial charge in [0.1, 0.15) is 0 Å². The van der Waals surface area contributed by atoms with Gasteiger partial charge in [-0.15, -0.1) is 0 Å². The molecule has 0 atom stereocenters. The number of hydrogen-bond donors (Lipinski definition) is 0. The summed E-state index contributed by atoms with van der Waals surface area (Å²) >= 11 is 6.63. The van der Waals surface area contributed by atoms with Crippen molar-refractivity contribution in [2.45, 2.75) is 83.0 Å². The summed E-state index contributed by atoms with van der Waals surface area (Å²) < 4.78 is 0. The highest BCUT2D eigenvalue weighted by molar-refractivity contribution is 6.31. The molecule has 1 saturated heterocycles. The monoisotopic (exact) mass is 385 g/mol. The summed E-state index contributed by atoms with van der Waals surface area (Å²) in [5.74, 6) is 0.685. The van der Waals surface area contributed by atoms with Crippen molar-refractivity contribution in [2.75, 3.05) is 19.6 Å². The molecule has 2 heteroatoms. The van der Waals surface area contributed by atoms with E-state index in [2.05, 4.69) is 35.3 Å². The molecular weight excluding hydrogens is 350 g/mol. The number of halogens is 1. The van der Waals surface area contributed by atoms with Crippen molar-refractivity contribution in [3.63, 3.8) is 0 Å². The summed E-state index contributed by atoms with van der Waals surface area (Å²) in [6.45, 7) is 3.65. The van der Waals surface area contributed by atoms with Crippen molar-refractivity contribution in [3.05, 3.63) is 40.4 Å². The molecule has 1 nitrogen and oxygen atoms in total. The third-order valence-electron chi connectivity index (χ3n) is 7.57. The largest absolute Gasteiger partial charge is 0.300 e. The van der Waals surface area contributed by atoms with Gasteiger partial charge in [-0.3, -0.25) is 4.90 Å². The van der Waals surface area contributed by atoms with E-state index in [1.165, 1.54) is 101 Å². The molecule has 148 valence electrons. The molecule has 2 aliphatic carbocycles. The van der Waals surface area contributed by atoms with Crippen molar-refractivity contribution in [3.8, 4) is 0 Å². The molecule has 1 aliphatic heterocycles. The van der Waals surface area contributed by atoms with E-state index in [1.54, 1.807) is 0 Å². The molecule has 0 radical (unpaired) electrons. The Morgan fingerprint density at radius 1 is 0.926 bits per heavy atom. The van der Waals surface area contributed by atoms with Crippen LogP contribution in [0.4, 0.5) is 0 Å². The predicted molar refractivity (Wildman–Crippen MR) is 118 cm³/mol. The van der Waals surface area contributed by atoms with Gasteiger partial charge in [0.2, 0.25) is 0 Å². The predicted octanol–water partition coefficient (Wildman–Crippen LogP) is 7.45. The van der Waals surface area contributed by atoms with Gasteiger partial charge in [0.05, 0.1) is 0 Å². The van der Waals surface area contributed by atoms with Crippen molar-refractivity contribution in [2.24, 2.45) is 5.41 Å². The topological polar surface area (TPSA) is 3.24 Å². The van der Waals surface area contributed by atoms with Gasteiger partial charge in [-0.05, 0) is 80.1 Å². The first kappa shape index (κ1) is 19.5. The first-order chi connectivity index (χ1) is 13.2. The van der Waals surface area contributed by atoms with Crippen molar-refractivity contribution in [1.82, 2.24) is 4.90 Å². The van der Waals surface area contributed by atoms with Gasteiger partial charge in [0, 0.05) is 11.6 Å². The molecule has 1 spiro atoms. The molecule has 1 heterocycles. The summed E-state index contributed by atoms with van der Waals surface area (Å²) in [5.41, 5.74) is 3.34. The number of hydrogen-bond acceptors (Lipinski definition) is 1. The third-order valence-corrected chi connectivity index (χ3v) is 7.90. The zero-order chi connectivity index (χ0) is 18.5. The Kier molecular flexibility index (Phi) is 6.61. The van der Waals surface area contributed by atoms with Crippen molar-refractivity contribution >= 4 is 17.7 Å². The molecule has 0 amide bonds. The van der Waals surface area contributed by atoms with Crippen molar-refractivity contribution < 1.29 is 0 Å². The second kappa shape index (κ2) is 9.14. The maximum Gasteiger partial charge on any atom is 0.0446 e. The summed E-state index contributed by atoms with van der Waals surface area (Å²) in [6, 6.07) is 6.72. The van der Waals surface area contributed by atoms with Crippen LogP contribution in [0, 0.1) is 5.41 Å². The summed E-state index contributed by atoms with van der Waals surface area (Å²) in [7, 11) is 0. The Labute approximate surface area is 171 Å². The second-order valence-corrected chi connectivity index (χ2v) is 9.79. The Hall–Kier alpha value is -0.790. The summed E-state index contributed by atoms with van der Waals surface area (Å²) in [6.07, 6.45) is 21.6. The van der Waals surface area contributed by atoms with Gasteiger partial charge in [0.15, 0.2) is 0 Å². The van der Waals surface area contributed by atoms with Crippen LogP contribution in [0.3, 0.4) is 0 Å². The van der Waals surface area contributed by atoms with Crippen LogP contribution in [0.2, 0.25) is 5.02 Å². The molecule has 0 unspecified atom stereocenters. The van der Waals surface area contributed by atoms with Crippen LogP contribution in [-0.2, 0) is 0 Å². The van der Waals surface area contributed by atoms with E-state index in [0.29, 0.717) is 11.3 Å². The van der Waals surface area contributed by atoms with Gasteiger partial charge in [-0.25, -0.2) is 0 Å². The first-order valence-corrected chi connectivity index (χ1v) is 11.8. The minimum absolute atomic E-state index is 0.685. The number of rotatable bonds is 4. The maximum atomic E-state index is 6.63. The standard InChI is InChI=1S/C25H36ClN/c26-24-20-21(11-12-23(24)22-9-3-1-4-10-22)8-7-17-27-18-15-25(16-19-27)13-5-2-6-14-25/h7-8,11-12,20,22H,1-6,9-10,13-19H2/b8-7-. The highest BCUT2D eigenvalue weighted by atomic mass is 35.5. The molecule has 3 fully saturated rings. The van der Waals surface area contributed by atoms with Gasteiger partial charge in [0.25, 0.3) is 0 Å². The van der Waals surface area contributed by atoms with E-state index in [0.717, 1.165) is 11.6 Å². The molecule has 0 bridgehead atoms. The molecule has 3 aliphatic rings. The lowest BCUT2D eigenvalue weighted by Gasteiger charge is -2.44. The van der Waals surface area contributed by atoms with Gasteiger partial charge in [-0.2, -0.15) is 0 Å². The highest BCUT2D eigenvalue weighted by Crippen LogP contribution is 2.44. The molecular formula is C25H36ClN. The minimum Gasteiger partial charge on any atom is -0.300 e. The molecule has 1 aromatic carbocycles. The Bertz CT molecular complexity index is 628. The van der Waals surface area contributed by atoms with Gasteiger partial charge in [-0.1, -0.05) is 74.4 Å². The van der Waals surface area contributed by atoms with Crippen LogP contribution >= 0.6 is 11.6 Å². The number of benzene rings is 1. The van der Waals surface area contributed by atoms with E-state index < -0.39 is 0 Å². The molecule has 0 N–H and O–H groups in total. The maximum absolute atomic E-state index is 6.63. The lowest BCUT2D eigenvalue weighted by molar-refractivity contribution is 0.0738. The first-order valence-electron chi connectivity index (χ1n) is 11.4. The number of piperidine rings is 1. The fourth-order valence-corrected chi connectivity index (χ4v) is 6.08. The van der Waals surface area contributed by atoms with E-state index in [4.69, 9.17) is 11.6 Å². The molecule has 27 heavy (non-hydrogen) atoms. The fourth-order valence-electron chi connectivity index (χ4n) is 5.74. The lowest BCUT2D eigenvalue weighted by Crippen LogP contribution is -2.41. The molecule has 2 saturated carbocycles. The number of likely N-dealkylation sites (tertiary alicyclic amines) is 1. The van der Waals surface area contributed by atoms with E-state index in [1.807, 2.05) is 0 Å². The van der Waals surface area contributed by atoms with Crippen LogP contribution in [0.1, 0.15) is 94.1 Å². The highest BCUT2D eigenvalue weighted by Gasteiger charge is 2.34. The fraction of sp³-hybridized carbons (Fsp3) is 0.680. The average Bonchev–Trinajstić information content (AvgIpc) is 2.71. The van der Waals surface area contributed by atoms with E-state index in [9.17, 15) is 0 Å². The van der Waals surface area contributed by atoms with Gasteiger partial charge < -0.3 is 0 Å². The van der Waals surface area contributed by atoms with Gasteiger partial charge >= 0.3 is 0 Å². The van der Waals surface area contributed by atoms with Crippen molar-refractivity contribution in [1.29, 1.82) is 0 Å². The van der Waals surface area contributed by atoms with Crippen LogP contribution in [0.25, 0.3) is 6.08 Å². The Balaban J connectivity index is 1.28. The minimum atomic E-state index is 0.685. The second-order valence-electron chi connectivity index (χ2n) is 9.38. The smallest absolute Gasteiger partial charge is 0.0446 e.